The summed E-state index contributed by atoms with van der Waals surface area (Å²) in [5.74, 6) is 0.232. The van der Waals surface area contributed by atoms with Gasteiger partial charge in [-0.25, -0.2) is 0 Å². The lowest BCUT2D eigenvalue weighted by atomic mass is 10.1. The Hall–Kier alpha value is -1.35. The van der Waals surface area contributed by atoms with E-state index in [1.54, 1.807) is 0 Å². The van der Waals surface area contributed by atoms with Crippen LogP contribution in [-0.2, 0) is 17.6 Å². The first-order valence-electron chi connectivity index (χ1n) is 6.08. The Morgan fingerprint density at radius 2 is 2.12 bits per heavy atom. The number of carbonyl (C=O) groups is 1. The van der Waals surface area contributed by atoms with Gasteiger partial charge in [-0.2, -0.15) is 0 Å². The third-order valence-electron chi connectivity index (χ3n) is 3.37. The van der Waals surface area contributed by atoms with Gasteiger partial charge in [-0.15, -0.1) is 11.3 Å². The van der Waals surface area contributed by atoms with Crippen LogP contribution in [-0.4, -0.2) is 12.5 Å². The molecule has 17 heavy (non-hydrogen) atoms. The van der Waals surface area contributed by atoms with Crippen LogP contribution >= 0.6 is 11.3 Å². The SMILES string of the molecule is CCc1cc2cc3c(cc2s1)CC(=O)N3CC. The van der Waals surface area contributed by atoms with Gasteiger partial charge in [0.05, 0.1) is 6.42 Å². The van der Waals surface area contributed by atoms with Gasteiger partial charge in [-0.1, -0.05) is 6.92 Å². The highest BCUT2D eigenvalue weighted by molar-refractivity contribution is 7.19. The molecule has 0 fully saturated rings. The van der Waals surface area contributed by atoms with Gasteiger partial charge < -0.3 is 4.90 Å². The number of carbonyl (C=O) groups excluding carboxylic acids is 1. The van der Waals surface area contributed by atoms with E-state index in [-0.39, 0.29) is 5.91 Å². The fourth-order valence-corrected chi connectivity index (χ4v) is 3.53. The zero-order valence-electron chi connectivity index (χ0n) is 10.1. The minimum Gasteiger partial charge on any atom is -0.312 e. The number of anilines is 1. The second-order valence-corrected chi connectivity index (χ2v) is 5.57. The molecule has 0 atom stereocenters. The van der Waals surface area contributed by atoms with E-state index in [0.29, 0.717) is 6.42 Å². The molecule has 0 aliphatic carbocycles. The van der Waals surface area contributed by atoms with Gasteiger partial charge in [0, 0.05) is 21.8 Å². The van der Waals surface area contributed by atoms with Crippen molar-refractivity contribution in [3.05, 3.63) is 28.6 Å². The average Bonchev–Trinajstić information content (AvgIpc) is 2.84. The van der Waals surface area contributed by atoms with E-state index in [0.717, 1.165) is 18.7 Å². The Bertz CT molecular complexity index is 600. The molecule has 0 radical (unpaired) electrons. The Morgan fingerprint density at radius 3 is 2.82 bits per heavy atom. The zero-order valence-corrected chi connectivity index (χ0v) is 10.9. The molecule has 0 saturated heterocycles. The van der Waals surface area contributed by atoms with Gasteiger partial charge >= 0.3 is 0 Å². The zero-order chi connectivity index (χ0) is 12.0. The fraction of sp³-hybridized carbons (Fsp3) is 0.357. The molecule has 2 heterocycles. The summed E-state index contributed by atoms with van der Waals surface area (Å²) in [6, 6.07) is 6.62. The summed E-state index contributed by atoms with van der Waals surface area (Å²) in [7, 11) is 0. The van der Waals surface area contributed by atoms with Gasteiger partial charge in [-0.05, 0) is 42.5 Å². The topological polar surface area (TPSA) is 20.3 Å². The Balaban J connectivity index is 2.18. The molecule has 0 unspecified atom stereocenters. The van der Waals surface area contributed by atoms with Crippen molar-refractivity contribution in [2.75, 3.05) is 11.4 Å². The third-order valence-corrected chi connectivity index (χ3v) is 4.61. The maximum Gasteiger partial charge on any atom is 0.231 e. The molecule has 3 rings (SSSR count). The molecule has 1 amide bonds. The van der Waals surface area contributed by atoms with Gasteiger partial charge in [0.15, 0.2) is 0 Å². The highest BCUT2D eigenvalue weighted by Crippen LogP contribution is 2.36. The minimum atomic E-state index is 0.232. The van der Waals surface area contributed by atoms with Crippen LogP contribution < -0.4 is 4.90 Å². The molecule has 1 aromatic carbocycles. The number of hydrogen-bond acceptors (Lipinski definition) is 2. The van der Waals surface area contributed by atoms with Crippen molar-refractivity contribution in [1.29, 1.82) is 0 Å². The maximum atomic E-state index is 11.8. The van der Waals surface area contributed by atoms with Gasteiger partial charge in [0.25, 0.3) is 0 Å². The molecule has 2 nitrogen and oxygen atoms in total. The second kappa shape index (κ2) is 3.84. The van der Waals surface area contributed by atoms with Crippen molar-refractivity contribution in [2.45, 2.75) is 26.7 Å². The standard InChI is InChI=1S/C14H15NOS/c1-3-11-5-10-6-12-9(7-13(10)17-11)8-14(16)15(12)4-2/h5-7H,3-4,8H2,1-2H3. The molecule has 1 aromatic heterocycles. The number of hydrogen-bond donors (Lipinski definition) is 0. The van der Waals surface area contributed by atoms with Crippen LogP contribution in [0.1, 0.15) is 24.3 Å². The highest BCUT2D eigenvalue weighted by Gasteiger charge is 2.26. The van der Waals surface area contributed by atoms with E-state index in [1.165, 1.54) is 20.5 Å². The van der Waals surface area contributed by atoms with Gasteiger partial charge in [0.2, 0.25) is 5.91 Å². The lowest BCUT2D eigenvalue weighted by Gasteiger charge is -2.14. The van der Waals surface area contributed by atoms with Crippen LogP contribution in [0.25, 0.3) is 10.1 Å². The largest absolute Gasteiger partial charge is 0.312 e. The molecule has 1 aliphatic rings. The Kier molecular flexibility index (Phi) is 2.44. The maximum absolute atomic E-state index is 11.8. The number of nitrogens with zero attached hydrogens (tertiary/aromatic N) is 1. The second-order valence-electron chi connectivity index (χ2n) is 4.40. The number of benzene rings is 1. The monoisotopic (exact) mass is 245 g/mol. The first kappa shape index (κ1) is 10.8. The average molecular weight is 245 g/mol. The van der Waals surface area contributed by atoms with E-state index in [4.69, 9.17) is 0 Å². The quantitative estimate of drug-likeness (QED) is 0.794. The first-order chi connectivity index (χ1) is 8.22. The van der Waals surface area contributed by atoms with E-state index >= 15 is 0 Å². The lowest BCUT2D eigenvalue weighted by molar-refractivity contribution is -0.117. The summed E-state index contributed by atoms with van der Waals surface area (Å²) in [5.41, 5.74) is 2.30. The van der Waals surface area contributed by atoms with Crippen molar-refractivity contribution < 1.29 is 4.79 Å². The van der Waals surface area contributed by atoms with E-state index in [1.807, 2.05) is 23.2 Å². The number of rotatable bonds is 2. The van der Waals surface area contributed by atoms with Crippen LogP contribution in [0.4, 0.5) is 5.69 Å². The third kappa shape index (κ3) is 1.57. The molecule has 3 heteroatoms. The van der Waals surface area contributed by atoms with Crippen LogP contribution in [0.3, 0.4) is 0 Å². The predicted octanol–water partition coefficient (Wildman–Crippen LogP) is 3.37. The van der Waals surface area contributed by atoms with E-state index < -0.39 is 0 Å². The van der Waals surface area contributed by atoms with Crippen molar-refractivity contribution in [3.63, 3.8) is 0 Å². The molecule has 88 valence electrons. The van der Waals surface area contributed by atoms with Crippen molar-refractivity contribution in [1.82, 2.24) is 0 Å². The van der Waals surface area contributed by atoms with E-state index in [2.05, 4.69) is 25.1 Å². The lowest BCUT2D eigenvalue weighted by Crippen LogP contribution is -2.25. The Morgan fingerprint density at radius 1 is 1.29 bits per heavy atom. The van der Waals surface area contributed by atoms with Crippen LogP contribution in [0.2, 0.25) is 0 Å². The van der Waals surface area contributed by atoms with Crippen molar-refractivity contribution >= 4 is 33.0 Å². The fourth-order valence-electron chi connectivity index (χ4n) is 2.48. The van der Waals surface area contributed by atoms with Crippen molar-refractivity contribution in [2.24, 2.45) is 0 Å². The minimum absolute atomic E-state index is 0.232. The van der Waals surface area contributed by atoms with Crippen LogP contribution in [0.5, 0.6) is 0 Å². The van der Waals surface area contributed by atoms with Gasteiger partial charge in [-0.3, -0.25) is 4.79 Å². The molecule has 1 aliphatic heterocycles. The summed E-state index contributed by atoms with van der Waals surface area (Å²) in [4.78, 5) is 15.1. The number of thiophene rings is 1. The van der Waals surface area contributed by atoms with Crippen molar-refractivity contribution in [3.8, 4) is 0 Å². The molecular weight excluding hydrogens is 230 g/mol. The number of likely N-dealkylation sites (N-methyl/N-ethyl adjacent to an activating group) is 1. The summed E-state index contributed by atoms with van der Waals surface area (Å²) < 4.78 is 1.31. The van der Waals surface area contributed by atoms with Crippen LogP contribution in [0, 0.1) is 0 Å². The molecule has 0 spiro atoms. The number of fused-ring (bicyclic) bond motifs is 2. The molecule has 0 saturated carbocycles. The summed E-state index contributed by atoms with van der Waals surface area (Å²) in [5, 5.41) is 1.28. The summed E-state index contributed by atoms with van der Waals surface area (Å²) in [6.07, 6.45) is 1.65. The molecular formula is C14H15NOS. The summed E-state index contributed by atoms with van der Waals surface area (Å²) in [6.45, 7) is 4.98. The molecule has 2 aromatic rings. The predicted molar refractivity (Wildman–Crippen MR) is 72.9 cm³/mol. The van der Waals surface area contributed by atoms with Crippen LogP contribution in [0.15, 0.2) is 18.2 Å². The summed E-state index contributed by atoms with van der Waals surface area (Å²) >= 11 is 1.84. The molecule has 0 bridgehead atoms. The number of aryl methyl sites for hydroxylation is 1. The normalized spacial score (nSPS) is 14.7. The Labute approximate surface area is 105 Å². The highest BCUT2D eigenvalue weighted by atomic mass is 32.1. The van der Waals surface area contributed by atoms with Gasteiger partial charge in [0.1, 0.15) is 0 Å². The molecule has 0 N–H and O–H groups in total. The smallest absolute Gasteiger partial charge is 0.231 e. The first-order valence-corrected chi connectivity index (χ1v) is 6.90. The van der Waals surface area contributed by atoms with E-state index in [9.17, 15) is 4.79 Å². The number of amides is 1.